The SMILES string of the molecule is CC/C(=C\c1cc(Br)ccc1O)CC[C@H]1OC[C@H]2C1=C(COc1ccccc1)C[C@H]1C(=O)N(C(=O)OC)C(=O)[C@H]12. The summed E-state index contributed by atoms with van der Waals surface area (Å²) >= 11 is 3.46. The summed E-state index contributed by atoms with van der Waals surface area (Å²) in [5.74, 6) is -1.74. The first-order chi connectivity index (χ1) is 19.3. The van der Waals surface area contributed by atoms with Crippen LogP contribution in [0.15, 0.2) is 69.7 Å². The average molecular weight is 611 g/mol. The van der Waals surface area contributed by atoms with Gasteiger partial charge in [0.2, 0.25) is 11.8 Å². The van der Waals surface area contributed by atoms with Gasteiger partial charge >= 0.3 is 6.09 Å². The number of allylic oxidation sites excluding steroid dienone is 1. The molecule has 3 amide bonds. The van der Waals surface area contributed by atoms with Crippen LogP contribution < -0.4 is 4.74 Å². The number of hydrogen-bond donors (Lipinski definition) is 1. The second-order valence-corrected chi connectivity index (χ2v) is 11.2. The summed E-state index contributed by atoms with van der Waals surface area (Å²) in [4.78, 5) is 39.5. The van der Waals surface area contributed by atoms with Crippen molar-refractivity contribution in [2.45, 2.75) is 38.7 Å². The van der Waals surface area contributed by atoms with E-state index in [0.717, 1.165) is 46.7 Å². The van der Waals surface area contributed by atoms with Crippen molar-refractivity contribution in [1.82, 2.24) is 4.90 Å². The largest absolute Gasteiger partial charge is 0.507 e. The smallest absolute Gasteiger partial charge is 0.423 e. The maximum absolute atomic E-state index is 13.3. The zero-order valence-electron chi connectivity index (χ0n) is 22.5. The predicted octanol–water partition coefficient (Wildman–Crippen LogP) is 5.89. The Morgan fingerprint density at radius 1 is 1.15 bits per heavy atom. The molecule has 5 rings (SSSR count). The number of nitrogens with zero attached hydrogens (tertiary/aromatic N) is 1. The first-order valence-corrected chi connectivity index (χ1v) is 14.3. The number of benzene rings is 2. The number of ether oxygens (including phenoxy) is 3. The molecule has 9 heteroatoms. The van der Waals surface area contributed by atoms with E-state index in [1.165, 1.54) is 0 Å². The lowest BCUT2D eigenvalue weighted by atomic mass is 9.69. The summed E-state index contributed by atoms with van der Waals surface area (Å²) in [6.45, 7) is 2.63. The number of phenols is 1. The Hall–Kier alpha value is -3.43. The van der Waals surface area contributed by atoms with E-state index in [1.807, 2.05) is 42.5 Å². The van der Waals surface area contributed by atoms with Gasteiger partial charge in [-0.15, -0.1) is 0 Å². The van der Waals surface area contributed by atoms with E-state index in [2.05, 4.69) is 22.9 Å². The number of hydrogen-bond acceptors (Lipinski definition) is 7. The molecule has 0 unspecified atom stereocenters. The fourth-order valence-electron chi connectivity index (χ4n) is 6.09. The molecule has 0 bridgehead atoms. The first-order valence-electron chi connectivity index (χ1n) is 13.5. The molecule has 1 N–H and O–H groups in total. The number of fused-ring (bicyclic) bond motifs is 3. The summed E-state index contributed by atoms with van der Waals surface area (Å²) in [6.07, 6.45) is 3.34. The maximum atomic E-state index is 13.3. The Balaban J connectivity index is 1.42. The van der Waals surface area contributed by atoms with Crippen LogP contribution in [0.1, 0.15) is 38.2 Å². The van der Waals surface area contributed by atoms with Crippen molar-refractivity contribution in [2.24, 2.45) is 17.8 Å². The molecular weight excluding hydrogens is 578 g/mol. The van der Waals surface area contributed by atoms with Gasteiger partial charge in [0.05, 0.1) is 31.7 Å². The van der Waals surface area contributed by atoms with Crippen molar-refractivity contribution in [3.05, 3.63) is 75.3 Å². The van der Waals surface area contributed by atoms with Gasteiger partial charge in [0.25, 0.3) is 0 Å². The minimum absolute atomic E-state index is 0.215. The van der Waals surface area contributed by atoms with Gasteiger partial charge in [0, 0.05) is 16.0 Å². The predicted molar refractivity (Wildman–Crippen MR) is 151 cm³/mol. The van der Waals surface area contributed by atoms with E-state index in [0.29, 0.717) is 30.1 Å². The minimum atomic E-state index is -0.947. The molecule has 2 heterocycles. The second-order valence-electron chi connectivity index (χ2n) is 10.3. The van der Waals surface area contributed by atoms with Gasteiger partial charge in [-0.05, 0) is 67.2 Å². The van der Waals surface area contributed by atoms with Gasteiger partial charge < -0.3 is 19.3 Å². The summed E-state index contributed by atoms with van der Waals surface area (Å²) in [7, 11) is 1.16. The van der Waals surface area contributed by atoms with E-state index in [1.54, 1.807) is 12.1 Å². The van der Waals surface area contributed by atoms with E-state index >= 15 is 0 Å². The lowest BCUT2D eigenvalue weighted by Crippen LogP contribution is -2.38. The van der Waals surface area contributed by atoms with Gasteiger partial charge in [0.15, 0.2) is 0 Å². The number of carbonyl (C=O) groups is 3. The standard InChI is InChI=1S/C31H32BrNO7/c1-3-18(13-19-14-21(32)10-11-25(19)34)9-12-26-27-20(16-39-22-7-5-4-6-8-22)15-23-28(24(27)17-40-26)30(36)33(29(23)35)31(37)38-2/h4-8,10-11,13-14,23-24,26,28,34H,3,9,12,15-17H2,1-2H3/b18-13+/t23-,24+,26-,28-/m1/s1. The van der Waals surface area contributed by atoms with Gasteiger partial charge in [0.1, 0.15) is 18.1 Å². The zero-order valence-corrected chi connectivity index (χ0v) is 24.1. The number of para-hydroxylation sites is 1. The number of carbonyl (C=O) groups excluding carboxylic acids is 3. The molecule has 2 saturated heterocycles. The van der Waals surface area contributed by atoms with Crippen LogP contribution in [0.3, 0.4) is 0 Å². The van der Waals surface area contributed by atoms with E-state index in [4.69, 9.17) is 14.2 Å². The number of halogens is 1. The Labute approximate surface area is 241 Å². The Kier molecular flexibility index (Phi) is 8.42. The van der Waals surface area contributed by atoms with Crippen molar-refractivity contribution in [1.29, 1.82) is 0 Å². The van der Waals surface area contributed by atoms with Crippen LogP contribution in [-0.2, 0) is 19.1 Å². The zero-order chi connectivity index (χ0) is 28.4. The molecule has 2 aliphatic heterocycles. The number of methoxy groups -OCH3 is 1. The third kappa shape index (κ3) is 5.45. The topological polar surface area (TPSA) is 102 Å². The molecule has 4 atom stereocenters. The van der Waals surface area contributed by atoms with E-state index in [-0.39, 0.29) is 24.4 Å². The summed E-state index contributed by atoms with van der Waals surface area (Å²) in [5.41, 5.74) is 3.84. The van der Waals surface area contributed by atoms with Crippen LogP contribution in [0.25, 0.3) is 6.08 Å². The Bertz CT molecular complexity index is 1370. The molecule has 40 heavy (non-hydrogen) atoms. The number of aromatic hydroxyl groups is 1. The molecule has 8 nitrogen and oxygen atoms in total. The van der Waals surface area contributed by atoms with Crippen molar-refractivity contribution < 1.29 is 33.7 Å². The molecule has 2 aromatic carbocycles. The molecule has 0 saturated carbocycles. The van der Waals surface area contributed by atoms with Crippen LogP contribution in [0.2, 0.25) is 0 Å². The molecule has 210 valence electrons. The minimum Gasteiger partial charge on any atom is -0.507 e. The average Bonchev–Trinajstić information content (AvgIpc) is 3.49. The molecule has 2 fully saturated rings. The number of phenolic OH excluding ortho intramolecular Hbond substituents is 1. The number of likely N-dealkylation sites (tertiary alicyclic amines) is 1. The molecule has 3 aliphatic rings. The maximum Gasteiger partial charge on any atom is 0.423 e. The fourth-order valence-corrected chi connectivity index (χ4v) is 6.47. The van der Waals surface area contributed by atoms with Gasteiger partial charge in [-0.3, -0.25) is 9.59 Å². The molecule has 0 aromatic heterocycles. The van der Waals surface area contributed by atoms with Crippen LogP contribution in [0.4, 0.5) is 4.79 Å². The summed E-state index contributed by atoms with van der Waals surface area (Å²) in [6, 6.07) is 14.8. The van der Waals surface area contributed by atoms with E-state index in [9.17, 15) is 19.5 Å². The number of amides is 3. The highest BCUT2D eigenvalue weighted by Gasteiger charge is 2.59. The molecule has 0 radical (unpaired) electrons. The van der Waals surface area contributed by atoms with Crippen molar-refractivity contribution in [3.63, 3.8) is 0 Å². The van der Waals surface area contributed by atoms with Crippen LogP contribution in [-0.4, -0.2) is 54.3 Å². The molecule has 2 aromatic rings. The fraction of sp³-hybridized carbons (Fsp3) is 0.387. The lowest BCUT2D eigenvalue weighted by molar-refractivity contribution is -0.137. The van der Waals surface area contributed by atoms with Crippen LogP contribution >= 0.6 is 15.9 Å². The molecular formula is C31H32BrNO7. The first kappa shape index (κ1) is 28.1. The van der Waals surface area contributed by atoms with Crippen LogP contribution in [0.5, 0.6) is 11.5 Å². The number of imide groups is 3. The highest BCUT2D eigenvalue weighted by Crippen LogP contribution is 2.50. The van der Waals surface area contributed by atoms with Crippen LogP contribution in [0, 0.1) is 17.8 Å². The van der Waals surface area contributed by atoms with E-state index < -0.39 is 29.7 Å². The highest BCUT2D eigenvalue weighted by atomic mass is 79.9. The number of rotatable bonds is 8. The molecule has 0 spiro atoms. The van der Waals surface area contributed by atoms with Crippen molar-refractivity contribution >= 4 is 39.9 Å². The summed E-state index contributed by atoms with van der Waals surface area (Å²) < 4.78 is 18.0. The third-order valence-electron chi connectivity index (χ3n) is 8.05. The Morgan fingerprint density at radius 3 is 2.65 bits per heavy atom. The van der Waals surface area contributed by atoms with Gasteiger partial charge in [-0.1, -0.05) is 52.7 Å². The van der Waals surface area contributed by atoms with Crippen molar-refractivity contribution in [2.75, 3.05) is 20.3 Å². The quantitative estimate of drug-likeness (QED) is 0.294. The summed E-state index contributed by atoms with van der Waals surface area (Å²) in [5, 5.41) is 10.3. The van der Waals surface area contributed by atoms with Gasteiger partial charge in [-0.2, -0.15) is 4.90 Å². The highest BCUT2D eigenvalue weighted by molar-refractivity contribution is 9.10. The monoisotopic (exact) mass is 609 g/mol. The normalized spacial score (nSPS) is 24.3. The second kappa shape index (κ2) is 12.0. The molecule has 1 aliphatic carbocycles. The van der Waals surface area contributed by atoms with Gasteiger partial charge in [-0.25, -0.2) is 4.79 Å². The third-order valence-corrected chi connectivity index (χ3v) is 8.55. The lowest BCUT2D eigenvalue weighted by Gasteiger charge is -2.31. The van der Waals surface area contributed by atoms with Crippen molar-refractivity contribution in [3.8, 4) is 11.5 Å². The Morgan fingerprint density at radius 2 is 1.93 bits per heavy atom.